The van der Waals surface area contributed by atoms with Crippen molar-refractivity contribution >= 4 is 23.6 Å². The molecule has 0 saturated carbocycles. The summed E-state index contributed by atoms with van der Waals surface area (Å²) >= 11 is 1.60. The van der Waals surface area contributed by atoms with Gasteiger partial charge in [0, 0.05) is 18.8 Å². The molecular weight excluding hydrogens is 404 g/mol. The lowest BCUT2D eigenvalue weighted by molar-refractivity contribution is -0.139. The Bertz CT molecular complexity index is 849. The molecule has 0 bridgehead atoms. The molecule has 0 aliphatic rings. The van der Waals surface area contributed by atoms with Crippen LogP contribution in [-0.2, 0) is 21.9 Å². The molecule has 2 aromatic carbocycles. The molecule has 1 atom stereocenters. The van der Waals surface area contributed by atoms with Gasteiger partial charge in [-0.15, -0.1) is 11.8 Å². The molecule has 2 rings (SSSR count). The van der Waals surface area contributed by atoms with Crippen molar-refractivity contribution in [1.29, 1.82) is 0 Å². The van der Waals surface area contributed by atoms with Crippen molar-refractivity contribution in [2.45, 2.75) is 59.4 Å². The highest BCUT2D eigenvalue weighted by molar-refractivity contribution is 7.99. The Balaban J connectivity index is 2.11. The second kappa shape index (κ2) is 12.6. The Morgan fingerprint density at radius 1 is 1.00 bits per heavy atom. The van der Waals surface area contributed by atoms with Crippen LogP contribution in [0.2, 0.25) is 0 Å². The summed E-state index contributed by atoms with van der Waals surface area (Å²) < 4.78 is 0. The van der Waals surface area contributed by atoms with E-state index in [0.29, 0.717) is 31.2 Å². The van der Waals surface area contributed by atoms with Gasteiger partial charge < -0.3 is 10.2 Å². The Hall–Kier alpha value is -2.27. The number of thioether (sulfide) groups is 1. The Morgan fingerprint density at radius 3 is 2.32 bits per heavy atom. The van der Waals surface area contributed by atoms with Crippen LogP contribution in [0.1, 0.15) is 49.4 Å². The van der Waals surface area contributed by atoms with E-state index in [9.17, 15) is 9.59 Å². The number of amides is 2. The quantitative estimate of drug-likeness (QED) is 0.528. The lowest BCUT2D eigenvalue weighted by Crippen LogP contribution is -2.50. The number of nitrogens with zero attached hydrogens (tertiary/aromatic N) is 1. The predicted octanol–water partition coefficient (Wildman–Crippen LogP) is 5.12. The average Bonchev–Trinajstić information content (AvgIpc) is 2.73. The topological polar surface area (TPSA) is 49.4 Å². The molecule has 2 amide bonds. The molecule has 0 aromatic heterocycles. The predicted molar refractivity (Wildman–Crippen MR) is 131 cm³/mol. The lowest BCUT2D eigenvalue weighted by atomic mass is 10.1. The van der Waals surface area contributed by atoms with Crippen LogP contribution in [0.4, 0.5) is 0 Å². The van der Waals surface area contributed by atoms with Gasteiger partial charge in [-0.05, 0) is 37.3 Å². The van der Waals surface area contributed by atoms with Crippen LogP contribution in [-0.4, -0.2) is 35.1 Å². The fourth-order valence-electron chi connectivity index (χ4n) is 3.37. The Kier molecular flexibility index (Phi) is 10.1. The lowest BCUT2D eigenvalue weighted by Gasteiger charge is -2.31. The molecule has 2 aromatic rings. The van der Waals surface area contributed by atoms with Gasteiger partial charge in [0.2, 0.25) is 11.8 Å². The van der Waals surface area contributed by atoms with E-state index in [0.717, 1.165) is 16.9 Å². The Morgan fingerprint density at radius 2 is 1.71 bits per heavy atom. The van der Waals surface area contributed by atoms with Crippen LogP contribution in [0.15, 0.2) is 48.5 Å². The first-order valence-corrected chi connectivity index (χ1v) is 12.2. The third-order valence-electron chi connectivity index (χ3n) is 5.12. The van der Waals surface area contributed by atoms with Crippen molar-refractivity contribution in [1.82, 2.24) is 10.2 Å². The maximum Gasteiger partial charge on any atom is 0.242 e. The first-order chi connectivity index (χ1) is 14.8. The fraction of sp³-hybridized carbons (Fsp3) is 0.462. The van der Waals surface area contributed by atoms with Crippen LogP contribution in [0.3, 0.4) is 0 Å². The van der Waals surface area contributed by atoms with E-state index in [1.807, 2.05) is 32.0 Å². The van der Waals surface area contributed by atoms with E-state index in [1.165, 1.54) is 11.1 Å². The smallest absolute Gasteiger partial charge is 0.242 e. The monoisotopic (exact) mass is 440 g/mol. The molecule has 0 radical (unpaired) electrons. The van der Waals surface area contributed by atoms with Gasteiger partial charge in [-0.3, -0.25) is 9.59 Å². The van der Waals surface area contributed by atoms with E-state index in [-0.39, 0.29) is 11.8 Å². The van der Waals surface area contributed by atoms with Crippen LogP contribution in [0, 0.1) is 19.8 Å². The molecule has 0 unspecified atom stereocenters. The zero-order chi connectivity index (χ0) is 22.8. The minimum atomic E-state index is -0.466. The maximum absolute atomic E-state index is 13.2. The summed E-state index contributed by atoms with van der Waals surface area (Å²) in [4.78, 5) is 27.9. The highest BCUT2D eigenvalue weighted by Crippen LogP contribution is 2.18. The molecule has 31 heavy (non-hydrogen) atoms. The fourth-order valence-corrected chi connectivity index (χ4v) is 4.24. The van der Waals surface area contributed by atoms with Crippen molar-refractivity contribution < 1.29 is 9.59 Å². The van der Waals surface area contributed by atoms with Crippen molar-refractivity contribution in [2.24, 2.45) is 5.92 Å². The van der Waals surface area contributed by atoms with Gasteiger partial charge in [-0.25, -0.2) is 0 Å². The summed E-state index contributed by atoms with van der Waals surface area (Å²) in [6.07, 6.45) is 0.587. The summed E-state index contributed by atoms with van der Waals surface area (Å²) in [6.45, 7) is 11.3. The number of nitrogens with one attached hydrogen (secondary N) is 1. The second-order valence-electron chi connectivity index (χ2n) is 8.55. The zero-order valence-corrected chi connectivity index (χ0v) is 20.3. The third-order valence-corrected chi connectivity index (χ3v) is 6.11. The minimum Gasteiger partial charge on any atom is -0.354 e. The molecule has 0 aliphatic heterocycles. The number of benzene rings is 2. The van der Waals surface area contributed by atoms with Crippen molar-refractivity contribution in [3.8, 4) is 0 Å². The van der Waals surface area contributed by atoms with Gasteiger partial charge in [-0.1, -0.05) is 80.4 Å². The largest absolute Gasteiger partial charge is 0.354 e. The number of hydrogen-bond donors (Lipinski definition) is 1. The van der Waals surface area contributed by atoms with E-state index in [1.54, 1.807) is 16.7 Å². The van der Waals surface area contributed by atoms with Crippen LogP contribution in [0.25, 0.3) is 0 Å². The summed E-state index contributed by atoms with van der Waals surface area (Å²) in [7, 11) is 0. The second-order valence-corrected chi connectivity index (χ2v) is 9.54. The summed E-state index contributed by atoms with van der Waals surface area (Å²) in [6, 6.07) is 16.1. The van der Waals surface area contributed by atoms with Gasteiger partial charge in [0.1, 0.15) is 6.04 Å². The third kappa shape index (κ3) is 8.41. The van der Waals surface area contributed by atoms with Gasteiger partial charge >= 0.3 is 0 Å². The van der Waals surface area contributed by atoms with Gasteiger partial charge in [0.15, 0.2) is 0 Å². The van der Waals surface area contributed by atoms with Gasteiger partial charge in [0.25, 0.3) is 0 Å². The summed E-state index contributed by atoms with van der Waals surface area (Å²) in [5.41, 5.74) is 4.63. The first-order valence-electron chi connectivity index (χ1n) is 11.1. The number of rotatable bonds is 11. The molecule has 1 N–H and O–H groups in total. The van der Waals surface area contributed by atoms with E-state index < -0.39 is 6.04 Å². The standard InChI is InChI=1S/C26H36N2O2S/c1-6-24(26(30)27-15-19(2)3)28(16-23-9-7-8-21(5)14-23)25(29)18-31-17-22-12-10-20(4)11-13-22/h7-14,19,24H,6,15-18H2,1-5H3,(H,27,30)/t24-/m1/s1. The molecule has 4 nitrogen and oxygen atoms in total. The van der Waals surface area contributed by atoms with Crippen molar-refractivity contribution in [3.05, 3.63) is 70.8 Å². The molecule has 168 valence electrons. The Labute approximate surface area is 191 Å². The van der Waals surface area contributed by atoms with Crippen LogP contribution in [0.5, 0.6) is 0 Å². The summed E-state index contributed by atoms with van der Waals surface area (Å²) in [5, 5.41) is 3.01. The summed E-state index contributed by atoms with van der Waals surface area (Å²) in [5.74, 6) is 1.44. The normalized spacial score (nSPS) is 11.9. The first kappa shape index (κ1) is 25.0. The number of aryl methyl sites for hydroxylation is 2. The van der Waals surface area contributed by atoms with E-state index in [2.05, 4.69) is 56.4 Å². The molecule has 0 aliphatic carbocycles. The van der Waals surface area contributed by atoms with Gasteiger partial charge in [-0.2, -0.15) is 0 Å². The number of carbonyl (C=O) groups excluding carboxylic acids is 2. The average molecular weight is 441 g/mol. The van der Waals surface area contributed by atoms with Crippen LogP contribution >= 0.6 is 11.8 Å². The molecular formula is C26H36N2O2S. The van der Waals surface area contributed by atoms with Crippen molar-refractivity contribution in [2.75, 3.05) is 12.3 Å². The molecule has 0 spiro atoms. The molecule has 0 fully saturated rings. The highest BCUT2D eigenvalue weighted by atomic mass is 32.2. The van der Waals surface area contributed by atoms with E-state index in [4.69, 9.17) is 0 Å². The molecule has 5 heteroatoms. The number of carbonyl (C=O) groups is 2. The minimum absolute atomic E-state index is 0.00478. The maximum atomic E-state index is 13.2. The SMILES string of the molecule is CC[C@H](C(=O)NCC(C)C)N(Cc1cccc(C)c1)C(=O)CSCc1ccc(C)cc1. The number of hydrogen-bond acceptors (Lipinski definition) is 3. The van der Waals surface area contributed by atoms with Crippen LogP contribution < -0.4 is 5.32 Å². The molecule has 0 saturated heterocycles. The highest BCUT2D eigenvalue weighted by Gasteiger charge is 2.28. The zero-order valence-electron chi connectivity index (χ0n) is 19.5. The molecule has 0 heterocycles. The van der Waals surface area contributed by atoms with Gasteiger partial charge in [0.05, 0.1) is 5.75 Å². The van der Waals surface area contributed by atoms with E-state index >= 15 is 0 Å². The van der Waals surface area contributed by atoms with Crippen molar-refractivity contribution in [3.63, 3.8) is 0 Å².